The minimum atomic E-state index is 0. The van der Waals surface area contributed by atoms with Crippen LogP contribution in [-0.4, -0.2) is 26.0 Å². The van der Waals surface area contributed by atoms with Crippen molar-refractivity contribution >= 4 is 18.3 Å². The Kier molecular flexibility index (Phi) is 6.77. The van der Waals surface area contributed by atoms with Gasteiger partial charge < -0.3 is 10.6 Å². The third kappa shape index (κ3) is 3.83. The number of carbonyl (C=O) groups is 1. The Morgan fingerprint density at radius 1 is 1.19 bits per heavy atom. The summed E-state index contributed by atoms with van der Waals surface area (Å²) in [5.74, 6) is 0.0147. The average Bonchev–Trinajstić information content (AvgIpc) is 2.18. The Balaban J connectivity index is 0.00000225. The number of hydrogen-bond donors (Lipinski definition) is 2. The van der Waals surface area contributed by atoms with E-state index in [1.807, 2.05) is 39.1 Å². The maximum atomic E-state index is 11.8. The lowest BCUT2D eigenvalue weighted by Crippen LogP contribution is -2.31. The smallest absolute Gasteiger partial charge is 0.251 e. The van der Waals surface area contributed by atoms with Gasteiger partial charge in [-0.15, -0.1) is 12.4 Å². The third-order valence-corrected chi connectivity index (χ3v) is 2.37. The van der Waals surface area contributed by atoms with Gasteiger partial charge in [0.25, 0.3) is 5.91 Å². The second-order valence-electron chi connectivity index (χ2n) is 3.63. The van der Waals surface area contributed by atoms with E-state index in [1.165, 1.54) is 0 Å². The summed E-state index contributed by atoms with van der Waals surface area (Å²) in [5, 5.41) is 5.87. The highest BCUT2D eigenvalue weighted by molar-refractivity contribution is 5.97. The second kappa shape index (κ2) is 7.25. The van der Waals surface area contributed by atoms with Gasteiger partial charge in [-0.2, -0.15) is 0 Å². The number of nitrogens with one attached hydrogen (secondary N) is 2. The minimum Gasteiger partial charge on any atom is -0.351 e. The number of amides is 1. The molecule has 3 nitrogen and oxygen atoms in total. The molecule has 0 saturated carbocycles. The third-order valence-electron chi connectivity index (χ3n) is 2.37. The van der Waals surface area contributed by atoms with Crippen LogP contribution >= 0.6 is 12.4 Å². The number of likely N-dealkylation sites (N-methyl/N-ethyl adjacent to an activating group) is 1. The average molecular weight is 243 g/mol. The van der Waals surface area contributed by atoms with E-state index >= 15 is 0 Å². The summed E-state index contributed by atoms with van der Waals surface area (Å²) in [6.45, 7) is 5.36. The first kappa shape index (κ1) is 14.9. The first-order chi connectivity index (χ1) is 7.16. The van der Waals surface area contributed by atoms with Crippen molar-refractivity contribution in [1.29, 1.82) is 0 Å². The zero-order valence-corrected chi connectivity index (χ0v) is 10.8. The molecule has 0 bridgehead atoms. The van der Waals surface area contributed by atoms with Crippen LogP contribution in [0.1, 0.15) is 21.5 Å². The van der Waals surface area contributed by atoms with Crippen LogP contribution in [0.25, 0.3) is 0 Å². The molecule has 0 unspecified atom stereocenters. The van der Waals surface area contributed by atoms with Crippen molar-refractivity contribution in [3.05, 3.63) is 34.9 Å². The lowest BCUT2D eigenvalue weighted by atomic mass is 10.0. The molecule has 1 aromatic rings. The summed E-state index contributed by atoms with van der Waals surface area (Å²) < 4.78 is 0. The number of halogens is 1. The lowest BCUT2D eigenvalue weighted by Gasteiger charge is -2.09. The molecule has 90 valence electrons. The van der Waals surface area contributed by atoms with E-state index in [9.17, 15) is 4.79 Å². The van der Waals surface area contributed by atoms with Gasteiger partial charge in [-0.25, -0.2) is 0 Å². The van der Waals surface area contributed by atoms with Gasteiger partial charge in [-0.05, 0) is 32.0 Å². The van der Waals surface area contributed by atoms with Crippen LogP contribution in [-0.2, 0) is 0 Å². The van der Waals surface area contributed by atoms with Gasteiger partial charge in [0.15, 0.2) is 0 Å². The van der Waals surface area contributed by atoms with E-state index in [1.54, 1.807) is 0 Å². The molecule has 0 fully saturated rings. The van der Waals surface area contributed by atoms with Gasteiger partial charge in [0, 0.05) is 18.7 Å². The predicted molar refractivity (Wildman–Crippen MR) is 69.4 cm³/mol. The van der Waals surface area contributed by atoms with Crippen molar-refractivity contribution in [3.8, 4) is 0 Å². The topological polar surface area (TPSA) is 41.1 Å². The Hall–Kier alpha value is -1.06. The van der Waals surface area contributed by atoms with Crippen LogP contribution in [0, 0.1) is 13.8 Å². The largest absolute Gasteiger partial charge is 0.351 e. The summed E-state index contributed by atoms with van der Waals surface area (Å²) in [6.07, 6.45) is 0. The normalized spacial score (nSPS) is 9.44. The molecular weight excluding hydrogens is 224 g/mol. The van der Waals surface area contributed by atoms with E-state index in [0.29, 0.717) is 6.54 Å². The second-order valence-corrected chi connectivity index (χ2v) is 3.63. The van der Waals surface area contributed by atoms with Crippen molar-refractivity contribution in [2.24, 2.45) is 0 Å². The SMILES string of the molecule is CNCCNC(=O)c1c(C)cccc1C.Cl. The molecule has 0 spiro atoms. The number of rotatable bonds is 4. The Bertz CT molecular complexity index is 333. The summed E-state index contributed by atoms with van der Waals surface area (Å²) in [6, 6.07) is 5.88. The van der Waals surface area contributed by atoms with Crippen LogP contribution < -0.4 is 10.6 Å². The molecule has 2 N–H and O–H groups in total. The Morgan fingerprint density at radius 3 is 2.25 bits per heavy atom. The highest BCUT2D eigenvalue weighted by Crippen LogP contribution is 2.12. The van der Waals surface area contributed by atoms with Gasteiger partial charge in [0.1, 0.15) is 0 Å². The fourth-order valence-corrected chi connectivity index (χ4v) is 1.56. The zero-order chi connectivity index (χ0) is 11.3. The van der Waals surface area contributed by atoms with Gasteiger partial charge >= 0.3 is 0 Å². The maximum absolute atomic E-state index is 11.8. The predicted octanol–water partition coefficient (Wildman–Crippen LogP) is 1.67. The van der Waals surface area contributed by atoms with E-state index < -0.39 is 0 Å². The van der Waals surface area contributed by atoms with Gasteiger partial charge in [0.05, 0.1) is 0 Å². The molecule has 0 heterocycles. The fourth-order valence-electron chi connectivity index (χ4n) is 1.56. The van der Waals surface area contributed by atoms with Gasteiger partial charge in [-0.1, -0.05) is 18.2 Å². The quantitative estimate of drug-likeness (QED) is 0.789. The Labute approximate surface area is 103 Å². The number of carbonyl (C=O) groups excluding carboxylic acids is 1. The highest BCUT2D eigenvalue weighted by Gasteiger charge is 2.10. The molecule has 0 aromatic heterocycles. The van der Waals surface area contributed by atoms with Crippen LogP contribution in [0.4, 0.5) is 0 Å². The van der Waals surface area contributed by atoms with Gasteiger partial charge in [0.2, 0.25) is 0 Å². The maximum Gasteiger partial charge on any atom is 0.251 e. The molecule has 0 aliphatic carbocycles. The van der Waals surface area contributed by atoms with Crippen LogP contribution in [0.5, 0.6) is 0 Å². The summed E-state index contributed by atoms with van der Waals surface area (Å²) in [7, 11) is 1.87. The van der Waals surface area contributed by atoms with Crippen molar-refractivity contribution < 1.29 is 4.79 Å². The van der Waals surface area contributed by atoms with Crippen LogP contribution in [0.3, 0.4) is 0 Å². The van der Waals surface area contributed by atoms with Crippen LogP contribution in [0.15, 0.2) is 18.2 Å². The molecule has 16 heavy (non-hydrogen) atoms. The molecular formula is C12H19ClN2O. The van der Waals surface area contributed by atoms with Crippen molar-refractivity contribution in [2.45, 2.75) is 13.8 Å². The van der Waals surface area contributed by atoms with Gasteiger partial charge in [-0.3, -0.25) is 4.79 Å². The molecule has 0 radical (unpaired) electrons. The zero-order valence-electron chi connectivity index (χ0n) is 9.96. The standard InChI is InChI=1S/C12H18N2O.ClH/c1-9-5-4-6-10(2)11(9)12(15)14-8-7-13-3;/h4-6,13H,7-8H2,1-3H3,(H,14,15);1H. The van der Waals surface area contributed by atoms with Crippen molar-refractivity contribution in [3.63, 3.8) is 0 Å². The monoisotopic (exact) mass is 242 g/mol. The molecule has 0 saturated heterocycles. The Morgan fingerprint density at radius 2 is 1.75 bits per heavy atom. The molecule has 0 aliphatic heterocycles. The van der Waals surface area contributed by atoms with Crippen molar-refractivity contribution in [1.82, 2.24) is 10.6 Å². The summed E-state index contributed by atoms with van der Waals surface area (Å²) >= 11 is 0. The summed E-state index contributed by atoms with van der Waals surface area (Å²) in [4.78, 5) is 11.8. The molecule has 0 atom stereocenters. The van der Waals surface area contributed by atoms with Crippen LogP contribution in [0.2, 0.25) is 0 Å². The number of aryl methyl sites for hydroxylation is 2. The first-order valence-corrected chi connectivity index (χ1v) is 5.16. The van der Waals surface area contributed by atoms with E-state index in [2.05, 4.69) is 10.6 Å². The van der Waals surface area contributed by atoms with E-state index in [0.717, 1.165) is 23.2 Å². The summed E-state index contributed by atoms with van der Waals surface area (Å²) in [5.41, 5.74) is 2.85. The van der Waals surface area contributed by atoms with Crippen molar-refractivity contribution in [2.75, 3.05) is 20.1 Å². The highest BCUT2D eigenvalue weighted by atomic mass is 35.5. The fraction of sp³-hybridized carbons (Fsp3) is 0.417. The molecule has 1 amide bonds. The first-order valence-electron chi connectivity index (χ1n) is 5.16. The molecule has 1 aromatic carbocycles. The molecule has 4 heteroatoms. The molecule has 1 rings (SSSR count). The molecule has 0 aliphatic rings. The number of benzene rings is 1. The van der Waals surface area contributed by atoms with E-state index in [-0.39, 0.29) is 18.3 Å². The number of hydrogen-bond acceptors (Lipinski definition) is 2. The van der Waals surface area contributed by atoms with E-state index in [4.69, 9.17) is 0 Å². The lowest BCUT2D eigenvalue weighted by molar-refractivity contribution is 0.0953. The minimum absolute atomic E-state index is 0.